The Morgan fingerprint density at radius 1 is 1.26 bits per heavy atom. The number of rotatable bonds is 8. The number of likely N-dealkylation sites (N-methyl/N-ethyl adjacent to an activating group) is 2. The minimum absolute atomic E-state index is 0. The third-order valence-electron chi connectivity index (χ3n) is 3.30. The van der Waals surface area contributed by atoms with Crippen LogP contribution in [0.5, 0.6) is 5.75 Å². The van der Waals surface area contributed by atoms with Crippen LogP contribution < -0.4 is 10.1 Å². The number of nitrogens with one attached hydrogen (secondary N) is 1. The Balaban J connectivity index is 0.00000180. The Hall–Kier alpha value is -0.770. The molecule has 1 N–H and O–H groups in total. The van der Waals surface area contributed by atoms with Crippen LogP contribution in [0.4, 0.5) is 0 Å². The smallest absolute Gasteiger partial charge is 0.119 e. The maximum Gasteiger partial charge on any atom is 0.119 e. The molecule has 0 aliphatic heterocycles. The lowest BCUT2D eigenvalue weighted by Gasteiger charge is -2.16. The van der Waals surface area contributed by atoms with E-state index >= 15 is 0 Å². The summed E-state index contributed by atoms with van der Waals surface area (Å²) in [7, 11) is 4.13. The molecule has 0 spiro atoms. The molecule has 108 valence electrons. The Morgan fingerprint density at radius 3 is 2.53 bits per heavy atom. The van der Waals surface area contributed by atoms with E-state index in [1.54, 1.807) is 0 Å². The van der Waals surface area contributed by atoms with E-state index in [1.165, 1.54) is 18.4 Å². The maximum absolute atomic E-state index is 5.73. The van der Waals surface area contributed by atoms with Crippen molar-refractivity contribution in [2.45, 2.75) is 19.4 Å². The van der Waals surface area contributed by atoms with Crippen molar-refractivity contribution >= 4 is 12.4 Å². The lowest BCUT2D eigenvalue weighted by Crippen LogP contribution is -2.26. The van der Waals surface area contributed by atoms with Crippen molar-refractivity contribution in [3.05, 3.63) is 29.8 Å². The molecule has 1 aromatic carbocycles. The SMILES string of the molecule is CNCCN(C)Cc1ccc(OCC2CC2)cc1.Cl. The quantitative estimate of drug-likeness (QED) is 0.794. The highest BCUT2D eigenvalue weighted by atomic mass is 35.5. The number of halogens is 1. The van der Waals surface area contributed by atoms with Crippen molar-refractivity contribution in [2.75, 3.05) is 33.8 Å². The topological polar surface area (TPSA) is 24.5 Å². The molecular formula is C15H25ClN2O. The van der Waals surface area contributed by atoms with Crippen LogP contribution in [0.2, 0.25) is 0 Å². The van der Waals surface area contributed by atoms with Crippen molar-refractivity contribution in [3.8, 4) is 5.75 Å². The summed E-state index contributed by atoms with van der Waals surface area (Å²) < 4.78 is 5.73. The predicted molar refractivity (Wildman–Crippen MR) is 82.2 cm³/mol. The van der Waals surface area contributed by atoms with Gasteiger partial charge in [0.25, 0.3) is 0 Å². The number of ether oxygens (including phenoxy) is 1. The fourth-order valence-electron chi connectivity index (χ4n) is 1.88. The minimum atomic E-state index is 0. The summed E-state index contributed by atoms with van der Waals surface area (Å²) in [5.74, 6) is 1.82. The number of nitrogens with zero attached hydrogens (tertiary/aromatic N) is 1. The Bertz CT molecular complexity index is 352. The van der Waals surface area contributed by atoms with Gasteiger partial charge in [0.2, 0.25) is 0 Å². The molecule has 0 atom stereocenters. The van der Waals surface area contributed by atoms with Gasteiger partial charge >= 0.3 is 0 Å². The molecule has 0 saturated heterocycles. The number of hydrogen-bond donors (Lipinski definition) is 1. The zero-order chi connectivity index (χ0) is 12.8. The first-order valence-corrected chi connectivity index (χ1v) is 6.83. The van der Waals surface area contributed by atoms with Crippen molar-refractivity contribution in [3.63, 3.8) is 0 Å². The van der Waals surface area contributed by atoms with Gasteiger partial charge in [-0.25, -0.2) is 0 Å². The first-order chi connectivity index (χ1) is 8.78. The van der Waals surface area contributed by atoms with Crippen molar-refractivity contribution in [1.82, 2.24) is 10.2 Å². The van der Waals surface area contributed by atoms with E-state index in [0.29, 0.717) is 0 Å². The normalized spacial score (nSPS) is 14.3. The maximum atomic E-state index is 5.73. The first-order valence-electron chi connectivity index (χ1n) is 6.83. The summed E-state index contributed by atoms with van der Waals surface area (Å²) in [6, 6.07) is 8.50. The fraction of sp³-hybridized carbons (Fsp3) is 0.600. The van der Waals surface area contributed by atoms with Crippen molar-refractivity contribution < 1.29 is 4.74 Å². The van der Waals surface area contributed by atoms with E-state index in [-0.39, 0.29) is 12.4 Å². The number of hydrogen-bond acceptors (Lipinski definition) is 3. The van der Waals surface area contributed by atoms with E-state index in [9.17, 15) is 0 Å². The highest BCUT2D eigenvalue weighted by molar-refractivity contribution is 5.85. The van der Waals surface area contributed by atoms with Crippen LogP contribution in [0, 0.1) is 5.92 Å². The number of benzene rings is 1. The minimum Gasteiger partial charge on any atom is -0.493 e. The molecule has 0 radical (unpaired) electrons. The highest BCUT2D eigenvalue weighted by Gasteiger charge is 2.21. The van der Waals surface area contributed by atoms with Gasteiger partial charge in [0, 0.05) is 19.6 Å². The predicted octanol–water partition coefficient (Wildman–Crippen LogP) is 2.55. The molecule has 3 nitrogen and oxygen atoms in total. The van der Waals surface area contributed by atoms with E-state index in [0.717, 1.165) is 37.9 Å². The molecule has 0 amide bonds. The second kappa shape index (κ2) is 8.41. The van der Waals surface area contributed by atoms with Gasteiger partial charge in [0.1, 0.15) is 5.75 Å². The van der Waals surface area contributed by atoms with Gasteiger partial charge in [-0.05, 0) is 50.6 Å². The molecule has 0 aromatic heterocycles. The van der Waals surface area contributed by atoms with Crippen molar-refractivity contribution in [2.24, 2.45) is 5.92 Å². The summed E-state index contributed by atoms with van der Waals surface area (Å²) in [6.07, 6.45) is 2.68. The van der Waals surface area contributed by atoms with Crippen LogP contribution in [-0.4, -0.2) is 38.7 Å². The summed E-state index contributed by atoms with van der Waals surface area (Å²) in [4.78, 5) is 2.32. The van der Waals surface area contributed by atoms with E-state index < -0.39 is 0 Å². The van der Waals surface area contributed by atoms with Crippen LogP contribution in [0.3, 0.4) is 0 Å². The van der Waals surface area contributed by atoms with Crippen LogP contribution >= 0.6 is 12.4 Å². The molecule has 1 aromatic rings. The van der Waals surface area contributed by atoms with Gasteiger partial charge in [-0.2, -0.15) is 0 Å². The van der Waals surface area contributed by atoms with Crippen LogP contribution in [0.1, 0.15) is 18.4 Å². The summed E-state index contributed by atoms with van der Waals surface area (Å²) in [5.41, 5.74) is 1.34. The molecule has 0 unspecified atom stereocenters. The third-order valence-corrected chi connectivity index (χ3v) is 3.30. The Morgan fingerprint density at radius 2 is 1.95 bits per heavy atom. The van der Waals surface area contributed by atoms with E-state index in [2.05, 4.69) is 41.5 Å². The fourth-order valence-corrected chi connectivity index (χ4v) is 1.88. The molecule has 19 heavy (non-hydrogen) atoms. The molecular weight excluding hydrogens is 260 g/mol. The first kappa shape index (κ1) is 16.3. The van der Waals surface area contributed by atoms with Crippen LogP contribution in [-0.2, 0) is 6.54 Å². The second-order valence-electron chi connectivity index (χ2n) is 5.24. The summed E-state index contributed by atoms with van der Waals surface area (Å²) in [5, 5.41) is 3.17. The van der Waals surface area contributed by atoms with Gasteiger partial charge in [-0.1, -0.05) is 12.1 Å². The highest BCUT2D eigenvalue weighted by Crippen LogP contribution is 2.29. The molecule has 0 heterocycles. The third kappa shape index (κ3) is 6.28. The molecule has 0 bridgehead atoms. The average Bonchev–Trinajstić information content (AvgIpc) is 3.20. The van der Waals surface area contributed by atoms with Gasteiger partial charge < -0.3 is 15.0 Å². The van der Waals surface area contributed by atoms with Gasteiger partial charge in [0.05, 0.1) is 6.61 Å². The molecule has 1 fully saturated rings. The average molecular weight is 285 g/mol. The van der Waals surface area contributed by atoms with Crippen LogP contribution in [0.25, 0.3) is 0 Å². The lowest BCUT2D eigenvalue weighted by molar-refractivity contribution is 0.299. The monoisotopic (exact) mass is 284 g/mol. The molecule has 2 rings (SSSR count). The standard InChI is InChI=1S/C15H24N2O.ClH/c1-16-9-10-17(2)11-13-5-7-15(8-6-13)18-12-14-3-4-14;/h5-8,14,16H,3-4,9-12H2,1-2H3;1H. The lowest BCUT2D eigenvalue weighted by atomic mass is 10.2. The zero-order valence-corrected chi connectivity index (χ0v) is 12.7. The molecule has 1 aliphatic rings. The molecule has 1 aliphatic carbocycles. The van der Waals surface area contributed by atoms with Gasteiger partial charge in [0.15, 0.2) is 0 Å². The van der Waals surface area contributed by atoms with Gasteiger partial charge in [-0.3, -0.25) is 0 Å². The largest absolute Gasteiger partial charge is 0.493 e. The Labute approximate surface area is 122 Å². The second-order valence-corrected chi connectivity index (χ2v) is 5.24. The van der Waals surface area contributed by atoms with Crippen molar-refractivity contribution in [1.29, 1.82) is 0 Å². The Kier molecular flexibility index (Phi) is 7.21. The summed E-state index contributed by atoms with van der Waals surface area (Å²) in [6.45, 7) is 3.97. The van der Waals surface area contributed by atoms with Crippen LogP contribution in [0.15, 0.2) is 24.3 Å². The van der Waals surface area contributed by atoms with E-state index in [1.807, 2.05) is 7.05 Å². The zero-order valence-electron chi connectivity index (χ0n) is 11.9. The van der Waals surface area contributed by atoms with E-state index in [4.69, 9.17) is 4.74 Å². The molecule has 4 heteroatoms. The van der Waals surface area contributed by atoms with Gasteiger partial charge in [-0.15, -0.1) is 12.4 Å². The molecule has 1 saturated carbocycles. The summed E-state index contributed by atoms with van der Waals surface area (Å²) >= 11 is 0.